The van der Waals surface area contributed by atoms with E-state index in [2.05, 4.69) is 6.58 Å². The first-order valence-electron chi connectivity index (χ1n) is 14.9. The van der Waals surface area contributed by atoms with Gasteiger partial charge in [0, 0.05) is 46.3 Å². The van der Waals surface area contributed by atoms with Crippen LogP contribution in [0.3, 0.4) is 0 Å². The van der Waals surface area contributed by atoms with Gasteiger partial charge in [0.05, 0.1) is 47.0 Å². The van der Waals surface area contributed by atoms with E-state index in [0.29, 0.717) is 74.3 Å². The molecule has 1 N–H and O–H groups in total. The highest BCUT2D eigenvalue weighted by molar-refractivity contribution is 6.43. The minimum absolute atomic E-state index is 0.123. The number of ketones is 1. The number of carbonyl (C=O) groups is 4. The molecule has 45 heavy (non-hydrogen) atoms. The number of esters is 1. The van der Waals surface area contributed by atoms with E-state index in [4.69, 9.17) is 24.7 Å². The lowest BCUT2D eigenvalue weighted by atomic mass is 9.83. The van der Waals surface area contributed by atoms with Crippen molar-refractivity contribution in [1.82, 2.24) is 0 Å². The van der Waals surface area contributed by atoms with Crippen molar-refractivity contribution >= 4 is 46.9 Å². The van der Waals surface area contributed by atoms with Gasteiger partial charge in [0.15, 0.2) is 12.1 Å². The Labute approximate surface area is 260 Å². The van der Waals surface area contributed by atoms with Crippen LogP contribution in [0.2, 0.25) is 0 Å². The highest BCUT2D eigenvalue weighted by Gasteiger charge is 2.51. The van der Waals surface area contributed by atoms with Gasteiger partial charge in [-0.2, -0.15) is 0 Å². The largest absolute Gasteiger partial charge is 0.481 e. The first kappa shape index (κ1) is 29.9. The maximum Gasteiger partial charge on any atom is 0.321 e. The normalized spacial score (nSPS) is 25.2. The number of aliphatic carboxylic acids is 1. The van der Waals surface area contributed by atoms with Crippen LogP contribution in [-0.2, 0) is 23.9 Å². The van der Waals surface area contributed by atoms with Crippen LogP contribution in [-0.4, -0.2) is 59.1 Å². The number of Topliss-reactive ketones (excluding diaryl/α,β-unsaturated/α-hetero) is 1. The average Bonchev–Trinajstić information content (AvgIpc) is 3.76. The molecule has 10 heteroatoms. The van der Waals surface area contributed by atoms with Crippen LogP contribution in [0.5, 0.6) is 0 Å². The molecule has 8 bridgehead atoms. The highest BCUT2D eigenvalue weighted by Crippen LogP contribution is 2.47. The van der Waals surface area contributed by atoms with E-state index in [9.17, 15) is 24.3 Å². The molecule has 6 aliphatic rings. The number of carbonyl (C=O) groups excluding carboxylic acids is 3. The molecule has 3 atom stereocenters. The van der Waals surface area contributed by atoms with Gasteiger partial charge in [0.25, 0.3) is 0 Å². The van der Waals surface area contributed by atoms with Crippen LogP contribution in [0.15, 0.2) is 113 Å². The Balaban J connectivity index is 1.70. The first-order chi connectivity index (χ1) is 21.5. The van der Waals surface area contributed by atoms with Gasteiger partial charge in [-0.1, -0.05) is 26.5 Å². The summed E-state index contributed by atoms with van der Waals surface area (Å²) in [5.41, 5.74) is 8.22. The standard InChI is InChI=1S/C35H32N4O6/c1-7-18-15(3)22-11-23-16(4)20(9-10-28(41)42)32(38-23)30-31(35(44)45-6)34(43)29-17(5)24(39-33(29)30)12-26-19(8-2)21(14-40)27(37-26)13-25(18)36-22/h7,11-14,16,20,31H,1,8-10H2,2-6H3,(H,41,42)/t16-,20-,31+/m0/s1. The number of fused-ring (bicyclic) bond motifs is 4. The molecule has 0 saturated heterocycles. The molecule has 0 aromatic carbocycles. The van der Waals surface area contributed by atoms with E-state index in [1.165, 1.54) is 7.11 Å². The minimum Gasteiger partial charge on any atom is -0.481 e. The molecule has 1 aliphatic carbocycles. The topological polar surface area (TPSA) is 147 Å². The van der Waals surface area contributed by atoms with Crippen LogP contribution in [0, 0.1) is 17.8 Å². The SMILES string of the molecule is C=CC1=C(C)C2=CC3=NC(=C4C5=NC(=CC6=NC(=CC1=N2)C(C=O)=C6CC)C(C)=C5C(=O)[C@@H]4C(=O)OC)[C@@H](CCC(=O)O)[C@@H]3C. The van der Waals surface area contributed by atoms with Gasteiger partial charge in [-0.25, -0.2) is 15.0 Å². The van der Waals surface area contributed by atoms with Crippen LogP contribution < -0.4 is 0 Å². The number of hydrogen-bond acceptors (Lipinski definition) is 9. The number of aliphatic imine (C=N–C) groups is 4. The lowest BCUT2D eigenvalue weighted by Gasteiger charge is -2.19. The Bertz CT molecular complexity index is 1900. The number of ether oxygens (including phenoxy) is 1. The zero-order chi connectivity index (χ0) is 32.3. The number of rotatable bonds is 7. The highest BCUT2D eigenvalue weighted by atomic mass is 16.5. The summed E-state index contributed by atoms with van der Waals surface area (Å²) >= 11 is 0. The molecule has 5 aliphatic heterocycles. The van der Waals surface area contributed by atoms with Gasteiger partial charge >= 0.3 is 11.9 Å². The maximum atomic E-state index is 14.0. The Kier molecular flexibility index (Phi) is 7.39. The summed E-state index contributed by atoms with van der Waals surface area (Å²) in [6.45, 7) is 11.6. The molecule has 0 aromatic rings. The fourth-order valence-electron chi connectivity index (χ4n) is 6.88. The van der Waals surface area contributed by atoms with Crippen molar-refractivity contribution < 1.29 is 29.0 Å². The van der Waals surface area contributed by atoms with Crippen molar-refractivity contribution in [3.05, 3.63) is 92.7 Å². The Morgan fingerprint density at radius 1 is 1.00 bits per heavy atom. The second-order valence-electron chi connectivity index (χ2n) is 11.6. The lowest BCUT2D eigenvalue weighted by molar-refractivity contribution is -0.146. The van der Waals surface area contributed by atoms with Crippen molar-refractivity contribution in [1.29, 1.82) is 0 Å². The summed E-state index contributed by atoms with van der Waals surface area (Å²) in [5.74, 6) is -4.07. The molecule has 5 heterocycles. The Hall–Kier alpha value is -5.12. The Morgan fingerprint density at radius 3 is 2.33 bits per heavy atom. The van der Waals surface area contributed by atoms with Gasteiger partial charge in [-0.15, -0.1) is 0 Å². The summed E-state index contributed by atoms with van der Waals surface area (Å²) in [7, 11) is 1.23. The third-order valence-electron chi connectivity index (χ3n) is 9.30. The molecular weight excluding hydrogens is 572 g/mol. The smallest absolute Gasteiger partial charge is 0.321 e. The fourth-order valence-corrected chi connectivity index (χ4v) is 6.88. The van der Waals surface area contributed by atoms with E-state index in [0.717, 1.165) is 23.0 Å². The number of carboxylic acid groups (broad SMARTS) is 1. The van der Waals surface area contributed by atoms with E-state index < -0.39 is 29.6 Å². The van der Waals surface area contributed by atoms with Crippen LogP contribution in [0.4, 0.5) is 0 Å². The number of methoxy groups -OCH3 is 1. The van der Waals surface area contributed by atoms with Crippen molar-refractivity contribution in [2.24, 2.45) is 37.7 Å². The fraction of sp³-hybridized carbons (Fsp3) is 0.314. The van der Waals surface area contributed by atoms with E-state index >= 15 is 0 Å². The molecule has 0 amide bonds. The number of allylic oxidation sites excluding steroid dienone is 11. The molecule has 10 nitrogen and oxygen atoms in total. The summed E-state index contributed by atoms with van der Waals surface area (Å²) in [6.07, 6.45) is 8.55. The monoisotopic (exact) mass is 604 g/mol. The lowest BCUT2D eigenvalue weighted by Crippen LogP contribution is -2.25. The van der Waals surface area contributed by atoms with E-state index in [-0.39, 0.29) is 18.8 Å². The maximum absolute atomic E-state index is 14.0. The number of nitrogens with zero attached hydrogens (tertiary/aromatic N) is 4. The second-order valence-corrected chi connectivity index (χ2v) is 11.6. The zero-order valence-corrected chi connectivity index (χ0v) is 25.7. The van der Waals surface area contributed by atoms with Crippen molar-refractivity contribution in [2.45, 2.75) is 47.0 Å². The quantitative estimate of drug-likeness (QED) is 0.247. The third-order valence-corrected chi connectivity index (χ3v) is 9.30. The van der Waals surface area contributed by atoms with Gasteiger partial charge < -0.3 is 9.84 Å². The van der Waals surface area contributed by atoms with Gasteiger partial charge in [0.2, 0.25) is 0 Å². The van der Waals surface area contributed by atoms with Crippen molar-refractivity contribution in [3.8, 4) is 0 Å². The molecule has 0 unspecified atom stereocenters. The number of hydrogen-bond donors (Lipinski definition) is 1. The van der Waals surface area contributed by atoms with Gasteiger partial charge in [-0.05, 0) is 61.6 Å². The number of aldehydes is 1. The number of carboxylic acids is 1. The Morgan fingerprint density at radius 2 is 1.69 bits per heavy atom. The molecule has 1 saturated carbocycles. The summed E-state index contributed by atoms with van der Waals surface area (Å²) in [5, 5.41) is 9.58. The molecule has 0 radical (unpaired) electrons. The summed E-state index contributed by atoms with van der Waals surface area (Å²) in [6, 6.07) is 0. The molecule has 6 rings (SSSR count). The van der Waals surface area contributed by atoms with E-state index in [1.54, 1.807) is 25.2 Å². The summed E-state index contributed by atoms with van der Waals surface area (Å²) < 4.78 is 5.09. The van der Waals surface area contributed by atoms with Crippen molar-refractivity contribution in [3.63, 3.8) is 0 Å². The molecular formula is C35H32N4O6. The molecule has 0 spiro atoms. The second kappa shape index (κ2) is 11.1. The molecule has 1 fully saturated rings. The first-order valence-corrected chi connectivity index (χ1v) is 14.9. The average molecular weight is 605 g/mol. The zero-order valence-electron chi connectivity index (χ0n) is 25.7. The van der Waals surface area contributed by atoms with Crippen molar-refractivity contribution in [2.75, 3.05) is 7.11 Å². The predicted molar refractivity (Wildman–Crippen MR) is 170 cm³/mol. The molecule has 0 aromatic heterocycles. The van der Waals surface area contributed by atoms with Crippen LogP contribution in [0.1, 0.15) is 47.0 Å². The van der Waals surface area contributed by atoms with E-state index in [1.807, 2.05) is 26.8 Å². The van der Waals surface area contributed by atoms with Crippen LogP contribution in [0.25, 0.3) is 0 Å². The van der Waals surface area contributed by atoms with Crippen LogP contribution >= 0.6 is 0 Å². The van der Waals surface area contributed by atoms with Gasteiger partial charge in [-0.3, -0.25) is 24.2 Å². The minimum atomic E-state index is -1.28. The van der Waals surface area contributed by atoms with Gasteiger partial charge in [0.1, 0.15) is 5.92 Å². The molecule has 228 valence electrons. The summed E-state index contributed by atoms with van der Waals surface area (Å²) in [4.78, 5) is 70.8. The third kappa shape index (κ3) is 4.54. The predicted octanol–water partition coefficient (Wildman–Crippen LogP) is 4.94.